The van der Waals surface area contributed by atoms with Crippen LogP contribution in [0.25, 0.3) is 0 Å². The molecule has 1 amide bonds. The second kappa shape index (κ2) is 6.29. The van der Waals surface area contributed by atoms with Crippen molar-refractivity contribution in [2.75, 3.05) is 11.9 Å². The van der Waals surface area contributed by atoms with Gasteiger partial charge in [-0.15, -0.1) is 0 Å². The lowest BCUT2D eigenvalue weighted by Gasteiger charge is -2.10. The van der Waals surface area contributed by atoms with Gasteiger partial charge in [0, 0.05) is 6.20 Å². The maximum atomic E-state index is 13.4. The van der Waals surface area contributed by atoms with Crippen molar-refractivity contribution < 1.29 is 13.9 Å². The molecule has 0 atom stereocenters. The van der Waals surface area contributed by atoms with Crippen molar-refractivity contribution in [2.45, 2.75) is 0 Å². The summed E-state index contributed by atoms with van der Waals surface area (Å²) in [5.41, 5.74) is 0.193. The van der Waals surface area contributed by atoms with Gasteiger partial charge < -0.3 is 10.1 Å². The number of carbonyl (C=O) groups excluding carboxylic acids is 1. The fraction of sp³-hybridized carbons (Fsp3) is 0.0714. The van der Waals surface area contributed by atoms with E-state index in [0.29, 0.717) is 11.4 Å². The Hall–Kier alpha value is -2.94. The van der Waals surface area contributed by atoms with Crippen LogP contribution in [0.3, 0.4) is 0 Å². The van der Waals surface area contributed by atoms with Crippen LogP contribution in [0.4, 0.5) is 10.1 Å². The van der Waals surface area contributed by atoms with Gasteiger partial charge >= 0.3 is 0 Å². The van der Waals surface area contributed by atoms with Crippen molar-refractivity contribution in [1.29, 1.82) is 5.26 Å². The van der Waals surface area contributed by atoms with Crippen LogP contribution in [-0.4, -0.2) is 17.5 Å². The van der Waals surface area contributed by atoms with Crippen LogP contribution in [0.15, 0.2) is 42.6 Å². The number of anilines is 1. The smallest absolute Gasteiger partial charge is 0.260 e. The summed E-state index contributed by atoms with van der Waals surface area (Å²) in [5, 5.41) is 11.0. The molecule has 0 spiro atoms. The molecule has 0 aliphatic rings. The molecule has 6 heteroatoms. The molecule has 100 valence electrons. The molecule has 0 aliphatic heterocycles. The fourth-order valence-corrected chi connectivity index (χ4v) is 1.55. The average molecular weight is 271 g/mol. The second-order valence-corrected chi connectivity index (χ2v) is 3.74. The van der Waals surface area contributed by atoms with E-state index >= 15 is 0 Å². The third-order valence-electron chi connectivity index (χ3n) is 2.43. The van der Waals surface area contributed by atoms with Crippen LogP contribution in [0.5, 0.6) is 5.75 Å². The zero-order valence-corrected chi connectivity index (χ0v) is 10.3. The van der Waals surface area contributed by atoms with Gasteiger partial charge in [0.25, 0.3) is 5.91 Å². The second-order valence-electron chi connectivity index (χ2n) is 3.74. The van der Waals surface area contributed by atoms with Gasteiger partial charge in [0.05, 0.1) is 11.3 Å². The minimum Gasteiger partial charge on any atom is -0.477 e. The number of aromatic nitrogens is 1. The van der Waals surface area contributed by atoms with Crippen LogP contribution in [0, 0.1) is 17.3 Å². The molecule has 2 aromatic rings. The highest BCUT2D eigenvalue weighted by molar-refractivity contribution is 6.04. The van der Waals surface area contributed by atoms with Gasteiger partial charge in [0.15, 0.2) is 6.61 Å². The summed E-state index contributed by atoms with van der Waals surface area (Å²) < 4.78 is 18.6. The molecule has 0 aliphatic carbocycles. The van der Waals surface area contributed by atoms with Crippen molar-refractivity contribution >= 4 is 11.6 Å². The van der Waals surface area contributed by atoms with Gasteiger partial charge in [-0.25, -0.2) is 4.98 Å². The minimum atomic E-state index is -0.847. The van der Waals surface area contributed by atoms with Crippen molar-refractivity contribution in [3.63, 3.8) is 0 Å². The first-order valence-electron chi connectivity index (χ1n) is 5.73. The molecule has 0 bridgehead atoms. The summed E-state index contributed by atoms with van der Waals surface area (Å²) in [6.45, 7) is -0.145. The maximum Gasteiger partial charge on any atom is 0.260 e. The molecular formula is C14H10FN3O2. The lowest BCUT2D eigenvalue weighted by atomic mass is 10.2. The van der Waals surface area contributed by atoms with Crippen molar-refractivity contribution in [3.05, 3.63) is 54.1 Å². The van der Waals surface area contributed by atoms with E-state index in [1.165, 1.54) is 18.3 Å². The maximum absolute atomic E-state index is 13.4. The van der Waals surface area contributed by atoms with E-state index in [4.69, 9.17) is 10.00 Å². The Morgan fingerprint density at radius 3 is 2.90 bits per heavy atom. The Labute approximate surface area is 114 Å². The number of ether oxygens (including phenoxy) is 1. The molecule has 0 saturated carbocycles. The van der Waals surface area contributed by atoms with Gasteiger partial charge in [-0.3, -0.25) is 4.79 Å². The Balaban J connectivity index is 2.20. The number of benzene rings is 1. The number of carbonyl (C=O) groups is 1. The zero-order valence-electron chi connectivity index (χ0n) is 10.3. The minimum absolute atomic E-state index is 0.145. The van der Waals surface area contributed by atoms with Crippen molar-refractivity contribution in [2.24, 2.45) is 0 Å². The Kier molecular flexibility index (Phi) is 4.24. The lowest BCUT2D eigenvalue weighted by Crippen LogP contribution is -2.15. The normalized spacial score (nSPS) is 9.60. The number of para-hydroxylation sites is 2. The topological polar surface area (TPSA) is 75.0 Å². The highest BCUT2D eigenvalue weighted by Crippen LogP contribution is 2.24. The number of pyridine rings is 1. The summed E-state index contributed by atoms with van der Waals surface area (Å²) in [7, 11) is 0. The number of hydrogen-bond donors (Lipinski definition) is 1. The molecular weight excluding hydrogens is 261 g/mol. The summed E-state index contributed by atoms with van der Waals surface area (Å²) in [4.78, 5) is 15.4. The molecule has 1 aromatic carbocycles. The molecule has 5 nitrogen and oxygen atoms in total. The first-order chi connectivity index (χ1) is 9.72. The number of nitrogens with one attached hydrogen (secondary N) is 1. The van der Waals surface area contributed by atoms with E-state index in [0.717, 1.165) is 0 Å². The first kappa shape index (κ1) is 13.5. The van der Waals surface area contributed by atoms with E-state index < -0.39 is 11.9 Å². The fourth-order valence-electron chi connectivity index (χ4n) is 1.55. The number of rotatable bonds is 4. The molecule has 1 aromatic heterocycles. The largest absolute Gasteiger partial charge is 0.477 e. The molecule has 0 fully saturated rings. The highest BCUT2D eigenvalue weighted by Gasteiger charge is 2.14. The quantitative estimate of drug-likeness (QED) is 0.866. The highest BCUT2D eigenvalue weighted by atomic mass is 19.1. The third kappa shape index (κ3) is 3.09. The standard InChI is InChI=1S/C14H10FN3O2/c15-13-10(4-3-8-17-13)14(19)18-11-5-1-2-6-12(11)20-9-7-16/h1-6,8H,9H2,(H,18,19). The van der Waals surface area contributed by atoms with Crippen LogP contribution >= 0.6 is 0 Å². The van der Waals surface area contributed by atoms with Crippen LogP contribution in [0.2, 0.25) is 0 Å². The lowest BCUT2D eigenvalue weighted by molar-refractivity contribution is 0.102. The molecule has 1 N–H and O–H groups in total. The van der Waals surface area contributed by atoms with E-state index in [2.05, 4.69) is 10.3 Å². The van der Waals surface area contributed by atoms with Crippen LogP contribution < -0.4 is 10.1 Å². The predicted octanol–water partition coefficient (Wildman–Crippen LogP) is 2.38. The van der Waals surface area contributed by atoms with E-state index in [1.807, 2.05) is 6.07 Å². The number of hydrogen-bond acceptors (Lipinski definition) is 4. The third-order valence-corrected chi connectivity index (χ3v) is 2.43. The summed E-state index contributed by atoms with van der Waals surface area (Å²) in [6.07, 6.45) is 1.26. The summed E-state index contributed by atoms with van der Waals surface area (Å²) in [5.74, 6) is -1.14. The van der Waals surface area contributed by atoms with Gasteiger partial charge in [0.1, 0.15) is 11.8 Å². The number of nitrogens with zero attached hydrogens (tertiary/aromatic N) is 2. The number of halogens is 1. The van der Waals surface area contributed by atoms with Gasteiger partial charge in [-0.1, -0.05) is 12.1 Å². The van der Waals surface area contributed by atoms with Gasteiger partial charge in [0.2, 0.25) is 5.95 Å². The molecule has 20 heavy (non-hydrogen) atoms. The van der Waals surface area contributed by atoms with E-state index in [-0.39, 0.29) is 12.2 Å². The monoisotopic (exact) mass is 271 g/mol. The first-order valence-corrected chi connectivity index (χ1v) is 5.73. The molecule has 0 radical (unpaired) electrons. The molecule has 1 heterocycles. The predicted molar refractivity (Wildman–Crippen MR) is 69.7 cm³/mol. The van der Waals surface area contributed by atoms with Gasteiger partial charge in [-0.2, -0.15) is 9.65 Å². The van der Waals surface area contributed by atoms with Gasteiger partial charge in [-0.05, 0) is 24.3 Å². The molecule has 2 rings (SSSR count). The van der Waals surface area contributed by atoms with E-state index in [9.17, 15) is 9.18 Å². The number of amides is 1. The number of nitriles is 1. The molecule has 0 unspecified atom stereocenters. The Bertz CT molecular complexity index is 667. The average Bonchev–Trinajstić information content (AvgIpc) is 2.46. The summed E-state index contributed by atoms with van der Waals surface area (Å²) >= 11 is 0. The Morgan fingerprint density at radius 1 is 1.35 bits per heavy atom. The zero-order chi connectivity index (χ0) is 14.4. The SMILES string of the molecule is N#CCOc1ccccc1NC(=O)c1cccnc1F. The van der Waals surface area contributed by atoms with Crippen LogP contribution in [-0.2, 0) is 0 Å². The van der Waals surface area contributed by atoms with Crippen molar-refractivity contribution in [3.8, 4) is 11.8 Å². The van der Waals surface area contributed by atoms with Crippen molar-refractivity contribution in [1.82, 2.24) is 4.98 Å². The summed E-state index contributed by atoms with van der Waals surface area (Å²) in [6, 6.07) is 11.2. The van der Waals surface area contributed by atoms with Crippen LogP contribution in [0.1, 0.15) is 10.4 Å². The molecule has 0 saturated heterocycles. The Morgan fingerprint density at radius 2 is 2.15 bits per heavy atom. The van der Waals surface area contributed by atoms with E-state index in [1.54, 1.807) is 24.3 Å².